The van der Waals surface area contributed by atoms with Crippen LogP contribution < -0.4 is 0 Å². The molecule has 0 aliphatic rings. The highest BCUT2D eigenvalue weighted by molar-refractivity contribution is 4.71. The number of hydrogen-bond donors (Lipinski definition) is 0. The molecule has 1 heteroatoms. The van der Waals surface area contributed by atoms with E-state index in [0.717, 1.165) is 19.6 Å². The molecule has 48 valence electrons. The molecule has 0 unspecified atom stereocenters. The second-order valence-electron chi connectivity index (χ2n) is 1.77. The van der Waals surface area contributed by atoms with Crippen molar-refractivity contribution in [2.45, 2.75) is 13.8 Å². The summed E-state index contributed by atoms with van der Waals surface area (Å²) in [7, 11) is 0. The van der Waals surface area contributed by atoms with Gasteiger partial charge in [-0.05, 0) is 13.1 Å². The van der Waals surface area contributed by atoms with Gasteiger partial charge in [-0.25, -0.2) is 0 Å². The molecule has 0 aliphatic heterocycles. The van der Waals surface area contributed by atoms with Gasteiger partial charge in [0.2, 0.25) is 0 Å². The summed E-state index contributed by atoms with van der Waals surface area (Å²) in [6.07, 6.45) is 1.94. The van der Waals surface area contributed by atoms with Crippen LogP contribution in [0.25, 0.3) is 0 Å². The molecule has 0 saturated carbocycles. The van der Waals surface area contributed by atoms with E-state index < -0.39 is 0 Å². The first-order valence-corrected chi connectivity index (χ1v) is 3.18. The van der Waals surface area contributed by atoms with Crippen molar-refractivity contribution in [3.63, 3.8) is 0 Å². The van der Waals surface area contributed by atoms with Gasteiger partial charge in [-0.3, -0.25) is 0 Å². The van der Waals surface area contributed by atoms with E-state index >= 15 is 0 Å². The first-order valence-electron chi connectivity index (χ1n) is 3.18. The quantitative estimate of drug-likeness (QED) is 0.499. The summed E-state index contributed by atoms with van der Waals surface area (Å²) in [4.78, 5) is 2.31. The van der Waals surface area contributed by atoms with Crippen molar-refractivity contribution in [2.24, 2.45) is 0 Å². The van der Waals surface area contributed by atoms with Gasteiger partial charge in [0.1, 0.15) is 0 Å². The standard InChI is InChI=1S/C7H15N/c1-4-7-8(5-2)6-3/h4H,1,5-7H2,2-3H3. The van der Waals surface area contributed by atoms with E-state index in [1.807, 2.05) is 6.08 Å². The largest absolute Gasteiger partial charge is 0.300 e. The zero-order chi connectivity index (χ0) is 6.41. The summed E-state index contributed by atoms with van der Waals surface area (Å²) >= 11 is 0. The van der Waals surface area contributed by atoms with Crippen LogP contribution in [0.3, 0.4) is 0 Å². The van der Waals surface area contributed by atoms with Crippen molar-refractivity contribution in [1.82, 2.24) is 4.90 Å². The summed E-state index contributed by atoms with van der Waals surface area (Å²) < 4.78 is 0. The first-order chi connectivity index (χ1) is 3.85. The highest BCUT2D eigenvalue weighted by Crippen LogP contribution is 1.84. The van der Waals surface area contributed by atoms with Gasteiger partial charge in [0, 0.05) is 6.54 Å². The Balaban J connectivity index is 3.20. The average Bonchev–Trinajstić information content (AvgIpc) is 1.83. The van der Waals surface area contributed by atoms with E-state index in [9.17, 15) is 0 Å². The lowest BCUT2D eigenvalue weighted by molar-refractivity contribution is 0.337. The molecule has 0 saturated heterocycles. The zero-order valence-electron chi connectivity index (χ0n) is 5.85. The third-order valence-corrected chi connectivity index (χ3v) is 1.28. The van der Waals surface area contributed by atoms with E-state index in [2.05, 4.69) is 25.3 Å². The fraction of sp³-hybridized carbons (Fsp3) is 0.714. The van der Waals surface area contributed by atoms with Gasteiger partial charge < -0.3 is 4.90 Å². The van der Waals surface area contributed by atoms with Crippen molar-refractivity contribution >= 4 is 0 Å². The Morgan fingerprint density at radius 3 is 2.00 bits per heavy atom. The summed E-state index contributed by atoms with van der Waals surface area (Å²) in [5, 5.41) is 0. The van der Waals surface area contributed by atoms with Crippen LogP contribution in [-0.4, -0.2) is 24.5 Å². The van der Waals surface area contributed by atoms with E-state index in [1.54, 1.807) is 0 Å². The summed E-state index contributed by atoms with van der Waals surface area (Å²) in [5.74, 6) is 0. The Morgan fingerprint density at radius 2 is 1.88 bits per heavy atom. The Hall–Kier alpha value is -0.300. The van der Waals surface area contributed by atoms with Crippen LogP contribution in [0.15, 0.2) is 12.7 Å². The summed E-state index contributed by atoms with van der Waals surface area (Å²) in [6.45, 7) is 11.2. The summed E-state index contributed by atoms with van der Waals surface area (Å²) in [6, 6.07) is 0. The normalized spacial score (nSPS) is 9.88. The predicted octanol–water partition coefficient (Wildman–Crippen LogP) is 1.51. The third kappa shape index (κ3) is 2.80. The maximum absolute atomic E-state index is 3.65. The molecule has 0 amide bonds. The smallest absolute Gasteiger partial charge is 0.0160 e. The van der Waals surface area contributed by atoms with Gasteiger partial charge in [-0.2, -0.15) is 0 Å². The first kappa shape index (κ1) is 7.70. The molecule has 8 heavy (non-hydrogen) atoms. The van der Waals surface area contributed by atoms with E-state index in [1.165, 1.54) is 0 Å². The maximum atomic E-state index is 3.65. The Kier molecular flexibility index (Phi) is 4.67. The van der Waals surface area contributed by atoms with Crippen LogP contribution in [0.4, 0.5) is 0 Å². The lowest BCUT2D eigenvalue weighted by Gasteiger charge is -2.14. The average molecular weight is 113 g/mol. The highest BCUT2D eigenvalue weighted by Gasteiger charge is 1.90. The van der Waals surface area contributed by atoms with Crippen molar-refractivity contribution in [3.05, 3.63) is 12.7 Å². The van der Waals surface area contributed by atoms with Crippen LogP contribution in [0.2, 0.25) is 0 Å². The van der Waals surface area contributed by atoms with Crippen molar-refractivity contribution in [1.29, 1.82) is 0 Å². The molecule has 0 N–H and O–H groups in total. The van der Waals surface area contributed by atoms with Crippen LogP contribution in [-0.2, 0) is 0 Å². The molecule has 0 aromatic carbocycles. The third-order valence-electron chi connectivity index (χ3n) is 1.28. The second-order valence-corrected chi connectivity index (χ2v) is 1.77. The molecular formula is C7H15N. The molecule has 0 rings (SSSR count). The van der Waals surface area contributed by atoms with Crippen LogP contribution in [0.1, 0.15) is 13.8 Å². The molecule has 0 aliphatic carbocycles. The van der Waals surface area contributed by atoms with Crippen LogP contribution in [0.5, 0.6) is 0 Å². The molecule has 0 radical (unpaired) electrons. The second kappa shape index (κ2) is 4.85. The molecular weight excluding hydrogens is 98.1 g/mol. The summed E-state index contributed by atoms with van der Waals surface area (Å²) in [5.41, 5.74) is 0. The van der Waals surface area contributed by atoms with Gasteiger partial charge in [0.05, 0.1) is 0 Å². The molecule has 1 nitrogen and oxygen atoms in total. The fourth-order valence-electron chi connectivity index (χ4n) is 0.664. The number of nitrogens with zero attached hydrogens (tertiary/aromatic N) is 1. The Bertz CT molecular complexity index is 55.4. The van der Waals surface area contributed by atoms with Crippen LogP contribution >= 0.6 is 0 Å². The van der Waals surface area contributed by atoms with Crippen molar-refractivity contribution < 1.29 is 0 Å². The Morgan fingerprint density at radius 1 is 1.38 bits per heavy atom. The molecule has 0 aromatic rings. The van der Waals surface area contributed by atoms with Gasteiger partial charge in [0.15, 0.2) is 0 Å². The molecule has 0 fully saturated rings. The van der Waals surface area contributed by atoms with Crippen molar-refractivity contribution in [2.75, 3.05) is 19.6 Å². The predicted molar refractivity (Wildman–Crippen MR) is 38.0 cm³/mol. The topological polar surface area (TPSA) is 3.24 Å². The minimum Gasteiger partial charge on any atom is -0.300 e. The molecule has 0 aromatic heterocycles. The van der Waals surface area contributed by atoms with Crippen LogP contribution in [0, 0.1) is 0 Å². The van der Waals surface area contributed by atoms with E-state index in [-0.39, 0.29) is 0 Å². The molecule has 0 atom stereocenters. The lowest BCUT2D eigenvalue weighted by atomic mass is 10.5. The van der Waals surface area contributed by atoms with E-state index in [4.69, 9.17) is 0 Å². The Labute approximate surface area is 52.0 Å². The SMILES string of the molecule is C=CCN(CC)CC. The van der Waals surface area contributed by atoms with Gasteiger partial charge >= 0.3 is 0 Å². The molecule has 0 heterocycles. The van der Waals surface area contributed by atoms with Gasteiger partial charge in [-0.1, -0.05) is 19.9 Å². The molecule has 0 spiro atoms. The maximum Gasteiger partial charge on any atom is 0.0160 e. The number of rotatable bonds is 4. The number of likely N-dealkylation sites (N-methyl/N-ethyl adjacent to an activating group) is 1. The van der Waals surface area contributed by atoms with E-state index in [0.29, 0.717) is 0 Å². The zero-order valence-corrected chi connectivity index (χ0v) is 5.85. The highest BCUT2D eigenvalue weighted by atomic mass is 15.1. The lowest BCUT2D eigenvalue weighted by Crippen LogP contribution is -2.22. The van der Waals surface area contributed by atoms with Crippen molar-refractivity contribution in [3.8, 4) is 0 Å². The minimum absolute atomic E-state index is 1.02. The number of hydrogen-bond acceptors (Lipinski definition) is 1. The molecule has 0 bridgehead atoms. The fourth-order valence-corrected chi connectivity index (χ4v) is 0.664. The minimum atomic E-state index is 1.02. The van der Waals surface area contributed by atoms with Gasteiger partial charge in [0.25, 0.3) is 0 Å². The monoisotopic (exact) mass is 113 g/mol. The van der Waals surface area contributed by atoms with Gasteiger partial charge in [-0.15, -0.1) is 6.58 Å².